The van der Waals surface area contributed by atoms with Crippen LogP contribution in [0.1, 0.15) is 25.0 Å². The van der Waals surface area contributed by atoms with E-state index in [2.05, 4.69) is 231 Å². The molecular weight excluding hydrogens is 723 g/mol. The standard InChI is InChI=1S/C59H41N/c1-59(2)55-25-12-11-23-53(55)57-56(37-42-15-4-6-18-47(42)58(57)59)60(44-33-28-40(29-34-44)46-24-13-16-39-14-3-5-17-45(39)46)43-31-26-38(27-32-43)41-30-35-52-50-21-8-7-19-48(50)49-20-9-10-22-51(49)54(52)36-41/h3-37H,1-2H3. The molecule has 0 amide bonds. The van der Waals surface area contributed by atoms with E-state index in [1.807, 2.05) is 0 Å². The first kappa shape index (κ1) is 34.6. The Kier molecular flexibility index (Phi) is 7.65. The molecule has 0 heterocycles. The Bertz CT molecular complexity index is 3460. The van der Waals surface area contributed by atoms with Gasteiger partial charge in [-0.05, 0) is 129 Å². The second-order valence-corrected chi connectivity index (χ2v) is 16.8. The molecule has 11 aromatic rings. The molecule has 0 N–H and O–H groups in total. The van der Waals surface area contributed by atoms with Crippen LogP contribution in [0.4, 0.5) is 17.1 Å². The zero-order valence-corrected chi connectivity index (χ0v) is 33.7. The normalized spacial score (nSPS) is 13.0. The van der Waals surface area contributed by atoms with Gasteiger partial charge < -0.3 is 4.90 Å². The number of benzene rings is 11. The Hall–Kier alpha value is -7.48. The summed E-state index contributed by atoms with van der Waals surface area (Å²) < 4.78 is 0. The van der Waals surface area contributed by atoms with E-state index >= 15 is 0 Å². The van der Waals surface area contributed by atoms with Gasteiger partial charge >= 0.3 is 0 Å². The van der Waals surface area contributed by atoms with Crippen LogP contribution in [0.15, 0.2) is 212 Å². The topological polar surface area (TPSA) is 3.24 Å². The van der Waals surface area contributed by atoms with E-state index < -0.39 is 0 Å². The third-order valence-corrected chi connectivity index (χ3v) is 13.2. The maximum absolute atomic E-state index is 2.49. The van der Waals surface area contributed by atoms with Gasteiger partial charge in [0.25, 0.3) is 0 Å². The van der Waals surface area contributed by atoms with Gasteiger partial charge in [-0.15, -0.1) is 0 Å². The molecule has 0 atom stereocenters. The van der Waals surface area contributed by atoms with Crippen molar-refractivity contribution in [3.05, 3.63) is 223 Å². The Balaban J connectivity index is 1.05. The Morgan fingerprint density at radius 3 is 1.50 bits per heavy atom. The lowest BCUT2D eigenvalue weighted by molar-refractivity contribution is 0.666. The first-order valence-corrected chi connectivity index (χ1v) is 21.0. The molecule has 0 spiro atoms. The van der Waals surface area contributed by atoms with Crippen molar-refractivity contribution in [1.82, 2.24) is 0 Å². The number of hydrogen-bond acceptors (Lipinski definition) is 1. The SMILES string of the molecule is CC1(C)c2ccccc2-c2c(N(c3ccc(-c4ccc5c6ccccc6c6ccccc6c5c4)cc3)c3ccc(-c4cccc5ccccc45)cc3)cc3ccccc3c21. The minimum atomic E-state index is -0.166. The first-order chi connectivity index (χ1) is 29.5. The summed E-state index contributed by atoms with van der Waals surface area (Å²) in [6, 6.07) is 78.7. The summed E-state index contributed by atoms with van der Waals surface area (Å²) in [5.41, 5.74) is 13.5. The lowest BCUT2D eigenvalue weighted by Crippen LogP contribution is -2.16. The van der Waals surface area contributed by atoms with Crippen molar-refractivity contribution in [2.45, 2.75) is 19.3 Å². The lowest BCUT2D eigenvalue weighted by Gasteiger charge is -2.30. The van der Waals surface area contributed by atoms with Gasteiger partial charge in [-0.1, -0.05) is 190 Å². The van der Waals surface area contributed by atoms with Crippen LogP contribution in [0.3, 0.4) is 0 Å². The fraction of sp³-hybridized carbons (Fsp3) is 0.0508. The predicted octanol–water partition coefficient (Wildman–Crippen LogP) is 16.6. The fourth-order valence-corrected chi connectivity index (χ4v) is 10.4. The molecule has 11 aromatic carbocycles. The van der Waals surface area contributed by atoms with Gasteiger partial charge in [-0.3, -0.25) is 0 Å². The number of nitrogens with zero attached hydrogens (tertiary/aromatic N) is 1. The number of hydrogen-bond donors (Lipinski definition) is 0. The molecule has 1 heteroatoms. The first-order valence-electron chi connectivity index (χ1n) is 21.0. The van der Waals surface area contributed by atoms with Crippen molar-refractivity contribution >= 4 is 70.9 Å². The van der Waals surface area contributed by atoms with Gasteiger partial charge in [-0.2, -0.15) is 0 Å². The zero-order chi connectivity index (χ0) is 40.0. The Morgan fingerprint density at radius 1 is 0.333 bits per heavy atom. The molecule has 0 saturated heterocycles. The molecule has 0 fully saturated rings. The molecule has 0 radical (unpaired) electrons. The van der Waals surface area contributed by atoms with E-state index in [1.165, 1.54) is 104 Å². The van der Waals surface area contributed by atoms with Crippen LogP contribution in [-0.4, -0.2) is 0 Å². The van der Waals surface area contributed by atoms with Gasteiger partial charge in [0.1, 0.15) is 0 Å². The van der Waals surface area contributed by atoms with Crippen LogP contribution in [0.2, 0.25) is 0 Å². The third-order valence-electron chi connectivity index (χ3n) is 13.2. The van der Waals surface area contributed by atoms with E-state index in [4.69, 9.17) is 0 Å². The highest BCUT2D eigenvalue weighted by atomic mass is 15.1. The van der Waals surface area contributed by atoms with Crippen molar-refractivity contribution in [2.24, 2.45) is 0 Å². The summed E-state index contributed by atoms with van der Waals surface area (Å²) in [6.45, 7) is 4.78. The van der Waals surface area contributed by atoms with Crippen molar-refractivity contribution < 1.29 is 0 Å². The fourth-order valence-electron chi connectivity index (χ4n) is 10.4. The van der Waals surface area contributed by atoms with Gasteiger partial charge in [0.2, 0.25) is 0 Å². The van der Waals surface area contributed by atoms with E-state index in [0.717, 1.165) is 11.4 Å². The van der Waals surface area contributed by atoms with Gasteiger partial charge in [0, 0.05) is 22.4 Å². The highest BCUT2D eigenvalue weighted by Crippen LogP contribution is 2.57. The van der Waals surface area contributed by atoms with Crippen LogP contribution in [0, 0.1) is 0 Å². The van der Waals surface area contributed by atoms with E-state index in [0.29, 0.717) is 0 Å². The van der Waals surface area contributed by atoms with Crippen molar-refractivity contribution in [3.8, 4) is 33.4 Å². The molecule has 1 nitrogen and oxygen atoms in total. The lowest BCUT2D eigenvalue weighted by atomic mass is 9.80. The van der Waals surface area contributed by atoms with Crippen LogP contribution in [0.5, 0.6) is 0 Å². The molecule has 0 aliphatic heterocycles. The molecule has 1 aliphatic carbocycles. The van der Waals surface area contributed by atoms with Crippen molar-refractivity contribution in [2.75, 3.05) is 4.90 Å². The van der Waals surface area contributed by atoms with Gasteiger partial charge in [0.05, 0.1) is 5.69 Å². The van der Waals surface area contributed by atoms with Crippen molar-refractivity contribution in [1.29, 1.82) is 0 Å². The number of fused-ring (bicyclic) bond motifs is 12. The smallest absolute Gasteiger partial charge is 0.0549 e. The van der Waals surface area contributed by atoms with E-state index in [9.17, 15) is 0 Å². The molecule has 1 aliphatic rings. The summed E-state index contributed by atoms with van der Waals surface area (Å²) in [6.07, 6.45) is 0. The minimum Gasteiger partial charge on any atom is -0.310 e. The number of anilines is 3. The average Bonchev–Trinajstić information content (AvgIpc) is 3.56. The maximum atomic E-state index is 2.49. The molecule has 0 unspecified atom stereocenters. The second-order valence-electron chi connectivity index (χ2n) is 16.8. The highest BCUT2D eigenvalue weighted by Gasteiger charge is 2.39. The molecule has 60 heavy (non-hydrogen) atoms. The summed E-state index contributed by atoms with van der Waals surface area (Å²) in [5, 5.41) is 12.8. The largest absolute Gasteiger partial charge is 0.310 e. The molecule has 12 rings (SSSR count). The third kappa shape index (κ3) is 5.19. The molecule has 0 saturated carbocycles. The average molecular weight is 764 g/mol. The summed E-state index contributed by atoms with van der Waals surface area (Å²) in [4.78, 5) is 2.49. The monoisotopic (exact) mass is 763 g/mol. The summed E-state index contributed by atoms with van der Waals surface area (Å²) in [7, 11) is 0. The van der Waals surface area contributed by atoms with Crippen LogP contribution in [-0.2, 0) is 5.41 Å². The highest BCUT2D eigenvalue weighted by molar-refractivity contribution is 6.25. The minimum absolute atomic E-state index is 0.166. The van der Waals surface area contributed by atoms with Crippen LogP contribution >= 0.6 is 0 Å². The predicted molar refractivity (Wildman–Crippen MR) is 257 cm³/mol. The van der Waals surface area contributed by atoms with E-state index in [1.54, 1.807) is 0 Å². The second kappa shape index (κ2) is 13.3. The van der Waals surface area contributed by atoms with Gasteiger partial charge in [-0.25, -0.2) is 0 Å². The molecule has 0 aromatic heterocycles. The maximum Gasteiger partial charge on any atom is 0.0549 e. The van der Waals surface area contributed by atoms with E-state index in [-0.39, 0.29) is 5.41 Å². The van der Waals surface area contributed by atoms with Crippen LogP contribution in [0.25, 0.3) is 87.2 Å². The van der Waals surface area contributed by atoms with Gasteiger partial charge in [0.15, 0.2) is 0 Å². The molecule has 0 bridgehead atoms. The summed E-state index contributed by atoms with van der Waals surface area (Å²) in [5.74, 6) is 0. The molecule has 282 valence electrons. The van der Waals surface area contributed by atoms with Crippen molar-refractivity contribution in [3.63, 3.8) is 0 Å². The Morgan fingerprint density at radius 2 is 0.817 bits per heavy atom. The Labute approximate surface area is 350 Å². The zero-order valence-electron chi connectivity index (χ0n) is 33.7. The molecular formula is C59H41N. The number of rotatable bonds is 5. The quantitative estimate of drug-likeness (QED) is 0.158. The summed E-state index contributed by atoms with van der Waals surface area (Å²) >= 11 is 0. The van der Waals surface area contributed by atoms with Crippen LogP contribution < -0.4 is 4.90 Å².